The molecule has 0 atom stereocenters. The van der Waals surface area contributed by atoms with Gasteiger partial charge in [-0.05, 0) is 55.5 Å². The highest BCUT2D eigenvalue weighted by Gasteiger charge is 2.29. The molecule has 1 amide bonds. The molecule has 4 heterocycles. The summed E-state index contributed by atoms with van der Waals surface area (Å²) in [6.07, 6.45) is 2.44. The first-order chi connectivity index (χ1) is 21.9. The van der Waals surface area contributed by atoms with Crippen molar-refractivity contribution in [3.05, 3.63) is 95.2 Å². The Labute approximate surface area is 261 Å². The van der Waals surface area contributed by atoms with Crippen LogP contribution in [0.5, 0.6) is 11.8 Å². The largest absolute Gasteiger partial charge is 0.424 e. The van der Waals surface area contributed by atoms with Gasteiger partial charge in [0.2, 0.25) is 0 Å². The zero-order valence-corrected chi connectivity index (χ0v) is 25.4. The second-order valence-corrected chi connectivity index (χ2v) is 12.1. The summed E-state index contributed by atoms with van der Waals surface area (Å²) in [5.74, 6) is -0.334. The molecular formula is C35H36F2N6O2. The normalized spacial score (nSPS) is 17.1. The SMILES string of the molecule is C=C(F)C(=O)N1CCN(c2nc(Oc3cccc4c3CCN(C)C4)nc3c2CCCN(c2cccc4cccc(F)c24)C3)CC1. The van der Waals surface area contributed by atoms with Gasteiger partial charge in [0.25, 0.3) is 5.91 Å². The number of benzene rings is 3. The zero-order chi connectivity index (χ0) is 31.1. The van der Waals surface area contributed by atoms with Crippen LogP contribution in [0, 0.1) is 5.82 Å². The van der Waals surface area contributed by atoms with Crippen LogP contribution in [0.15, 0.2) is 67.0 Å². The first kappa shape index (κ1) is 29.2. The van der Waals surface area contributed by atoms with Crippen molar-refractivity contribution in [3.8, 4) is 11.8 Å². The van der Waals surface area contributed by atoms with Gasteiger partial charge in [-0.3, -0.25) is 4.79 Å². The van der Waals surface area contributed by atoms with Crippen molar-refractivity contribution in [2.45, 2.75) is 32.4 Å². The van der Waals surface area contributed by atoms with E-state index in [0.29, 0.717) is 38.1 Å². The molecule has 0 unspecified atom stereocenters. The van der Waals surface area contributed by atoms with E-state index < -0.39 is 11.7 Å². The van der Waals surface area contributed by atoms with Crippen molar-refractivity contribution in [2.24, 2.45) is 0 Å². The predicted octanol–water partition coefficient (Wildman–Crippen LogP) is 5.63. The molecule has 1 aromatic heterocycles. The second kappa shape index (κ2) is 12.1. The third kappa shape index (κ3) is 5.70. The third-order valence-corrected chi connectivity index (χ3v) is 9.13. The number of carbonyl (C=O) groups is 1. The molecule has 1 saturated heterocycles. The van der Waals surface area contributed by atoms with Gasteiger partial charge in [-0.15, -0.1) is 0 Å². The Kier molecular flexibility index (Phi) is 7.83. The number of hydrogen-bond acceptors (Lipinski definition) is 7. The van der Waals surface area contributed by atoms with Gasteiger partial charge in [-0.2, -0.15) is 9.97 Å². The maximum absolute atomic E-state index is 15.2. The first-order valence-corrected chi connectivity index (χ1v) is 15.5. The van der Waals surface area contributed by atoms with Gasteiger partial charge in [0.15, 0.2) is 5.83 Å². The van der Waals surface area contributed by atoms with Crippen molar-refractivity contribution >= 4 is 28.2 Å². The van der Waals surface area contributed by atoms with Crippen LogP contribution in [0.2, 0.25) is 0 Å². The van der Waals surface area contributed by atoms with Crippen LogP contribution >= 0.6 is 0 Å². The molecule has 0 spiro atoms. The minimum atomic E-state index is -0.947. The molecule has 0 bridgehead atoms. The fraction of sp³-hybridized carbons (Fsp3) is 0.343. The van der Waals surface area contributed by atoms with Crippen LogP contribution < -0.4 is 14.5 Å². The van der Waals surface area contributed by atoms with Crippen LogP contribution in [0.1, 0.15) is 28.8 Å². The third-order valence-electron chi connectivity index (χ3n) is 9.13. The van der Waals surface area contributed by atoms with Crippen molar-refractivity contribution in [1.29, 1.82) is 0 Å². The lowest BCUT2D eigenvalue weighted by Gasteiger charge is -2.36. The van der Waals surface area contributed by atoms with E-state index in [4.69, 9.17) is 14.7 Å². The molecule has 0 saturated carbocycles. The zero-order valence-electron chi connectivity index (χ0n) is 25.4. The molecule has 0 N–H and O–H groups in total. The quantitative estimate of drug-likeness (QED) is 0.271. The van der Waals surface area contributed by atoms with Crippen LogP contribution in [-0.2, 0) is 30.7 Å². The van der Waals surface area contributed by atoms with E-state index in [1.807, 2.05) is 36.4 Å². The summed E-state index contributed by atoms with van der Waals surface area (Å²) >= 11 is 0. The van der Waals surface area contributed by atoms with Gasteiger partial charge in [0, 0.05) is 68.0 Å². The molecule has 3 aromatic carbocycles. The summed E-state index contributed by atoms with van der Waals surface area (Å²) in [6.45, 7) is 7.86. The standard InChI is InChI=1S/C35H36F2N6O2/c1-23(36)34(44)42-19-17-41(18-20-42)33-27-10-6-15-43(30-12-4-8-24-7-3-11-28(37)32(24)30)22-29(27)38-35(39-33)45-31-13-5-9-25-21-40(2)16-14-26(25)31/h3-5,7-9,11-13H,1,6,10,14-22H2,2H3. The topological polar surface area (TPSA) is 65.0 Å². The Morgan fingerprint density at radius 2 is 1.64 bits per heavy atom. The predicted molar refractivity (Wildman–Crippen MR) is 171 cm³/mol. The second-order valence-electron chi connectivity index (χ2n) is 12.1. The summed E-state index contributed by atoms with van der Waals surface area (Å²) in [5.41, 5.74) is 5.09. The molecule has 0 aliphatic carbocycles. The number of aromatic nitrogens is 2. The number of anilines is 2. The van der Waals surface area contributed by atoms with E-state index >= 15 is 4.39 Å². The van der Waals surface area contributed by atoms with Gasteiger partial charge in [-0.25, -0.2) is 8.78 Å². The minimum Gasteiger partial charge on any atom is -0.424 e. The van der Waals surface area contributed by atoms with Crippen molar-refractivity contribution < 1.29 is 18.3 Å². The number of nitrogens with zero attached hydrogens (tertiary/aromatic N) is 6. The highest BCUT2D eigenvalue weighted by atomic mass is 19.1. The van der Waals surface area contributed by atoms with Crippen molar-refractivity contribution in [2.75, 3.05) is 56.1 Å². The smallest absolute Gasteiger partial charge is 0.324 e. The monoisotopic (exact) mass is 610 g/mol. The Hall–Kier alpha value is -4.57. The lowest BCUT2D eigenvalue weighted by Crippen LogP contribution is -2.49. The molecule has 232 valence electrons. The number of hydrogen-bond donors (Lipinski definition) is 0. The highest BCUT2D eigenvalue weighted by Crippen LogP contribution is 2.36. The Morgan fingerprint density at radius 3 is 2.44 bits per heavy atom. The van der Waals surface area contributed by atoms with Crippen LogP contribution in [0.3, 0.4) is 0 Å². The Bertz CT molecular complexity index is 1780. The van der Waals surface area contributed by atoms with E-state index in [9.17, 15) is 9.18 Å². The van der Waals surface area contributed by atoms with Crippen LogP contribution in [-0.4, -0.2) is 72.0 Å². The molecular weight excluding hydrogens is 574 g/mol. The molecule has 10 heteroatoms. The first-order valence-electron chi connectivity index (χ1n) is 15.5. The highest BCUT2D eigenvalue weighted by molar-refractivity contribution is 5.95. The number of piperazine rings is 1. The molecule has 45 heavy (non-hydrogen) atoms. The Morgan fingerprint density at radius 1 is 0.867 bits per heavy atom. The Balaban J connectivity index is 1.27. The fourth-order valence-corrected chi connectivity index (χ4v) is 6.84. The average molecular weight is 611 g/mol. The summed E-state index contributed by atoms with van der Waals surface area (Å²) in [7, 11) is 2.11. The molecule has 0 radical (unpaired) electrons. The molecule has 3 aliphatic heterocycles. The number of carbonyl (C=O) groups excluding carboxylic acids is 1. The number of rotatable bonds is 5. The van der Waals surface area contributed by atoms with E-state index in [0.717, 1.165) is 72.8 Å². The number of fused-ring (bicyclic) bond motifs is 3. The van der Waals surface area contributed by atoms with E-state index in [1.165, 1.54) is 22.1 Å². The number of likely N-dealkylation sites (N-methyl/N-ethyl adjacent to an activating group) is 1. The minimum absolute atomic E-state index is 0.247. The van der Waals surface area contributed by atoms with Crippen molar-refractivity contribution in [3.63, 3.8) is 0 Å². The van der Waals surface area contributed by atoms with Gasteiger partial charge in [-0.1, -0.05) is 43.0 Å². The molecule has 7 rings (SSSR count). The van der Waals surface area contributed by atoms with Crippen LogP contribution in [0.4, 0.5) is 20.3 Å². The van der Waals surface area contributed by atoms with E-state index in [1.54, 1.807) is 6.07 Å². The van der Waals surface area contributed by atoms with Gasteiger partial charge in [0.05, 0.1) is 12.2 Å². The maximum atomic E-state index is 15.2. The van der Waals surface area contributed by atoms with Crippen molar-refractivity contribution in [1.82, 2.24) is 19.8 Å². The summed E-state index contributed by atoms with van der Waals surface area (Å²) in [6, 6.07) is 17.4. The van der Waals surface area contributed by atoms with Gasteiger partial charge in [0.1, 0.15) is 17.4 Å². The lowest BCUT2D eigenvalue weighted by atomic mass is 9.99. The van der Waals surface area contributed by atoms with E-state index in [-0.39, 0.29) is 11.8 Å². The number of amides is 1. The maximum Gasteiger partial charge on any atom is 0.324 e. The molecule has 1 fully saturated rings. The van der Waals surface area contributed by atoms with Gasteiger partial charge < -0.3 is 24.3 Å². The number of halogens is 2. The molecule has 8 nitrogen and oxygen atoms in total. The average Bonchev–Trinajstić information content (AvgIpc) is 3.26. The summed E-state index contributed by atoms with van der Waals surface area (Å²) in [5, 5.41) is 1.46. The van der Waals surface area contributed by atoms with Gasteiger partial charge >= 0.3 is 6.01 Å². The van der Waals surface area contributed by atoms with E-state index in [2.05, 4.69) is 34.4 Å². The summed E-state index contributed by atoms with van der Waals surface area (Å²) < 4.78 is 35.3. The van der Waals surface area contributed by atoms with Crippen LogP contribution in [0.25, 0.3) is 10.8 Å². The molecule has 4 aromatic rings. The molecule has 3 aliphatic rings. The summed E-state index contributed by atoms with van der Waals surface area (Å²) in [4.78, 5) is 30.4. The number of ether oxygens (including phenoxy) is 1. The fourth-order valence-electron chi connectivity index (χ4n) is 6.84. The lowest BCUT2D eigenvalue weighted by molar-refractivity contribution is -0.128.